The molecule has 2 fully saturated rings. The second kappa shape index (κ2) is 9.17. The molecule has 2 aliphatic rings. The number of anilines is 2. The molecule has 2 aromatic rings. The number of nitrogens with one attached hydrogen (secondary N) is 1. The van der Waals surface area contributed by atoms with Gasteiger partial charge in [-0.3, -0.25) is 10.00 Å². The van der Waals surface area contributed by atoms with Crippen molar-refractivity contribution in [3.8, 4) is 0 Å². The van der Waals surface area contributed by atoms with Crippen LogP contribution in [0.15, 0.2) is 24.3 Å². The van der Waals surface area contributed by atoms with Gasteiger partial charge in [-0.1, -0.05) is 0 Å². The van der Waals surface area contributed by atoms with Crippen LogP contribution in [-0.2, 0) is 6.18 Å². The molecule has 2 aliphatic heterocycles. The fourth-order valence-corrected chi connectivity index (χ4v) is 4.26. The van der Waals surface area contributed by atoms with Gasteiger partial charge in [-0.05, 0) is 63.9 Å². The van der Waals surface area contributed by atoms with E-state index in [4.69, 9.17) is 10.8 Å². The van der Waals surface area contributed by atoms with Crippen molar-refractivity contribution in [1.29, 1.82) is 0 Å². The Hall–Kier alpha value is -2.75. The molecule has 0 aliphatic carbocycles. The van der Waals surface area contributed by atoms with Crippen LogP contribution < -0.4 is 10.6 Å². The largest absolute Gasteiger partial charge is 0.476 e. The summed E-state index contributed by atoms with van der Waals surface area (Å²) >= 11 is 0. The first-order valence-electron chi connectivity index (χ1n) is 10.3. The first-order valence-corrected chi connectivity index (χ1v) is 10.3. The van der Waals surface area contributed by atoms with Gasteiger partial charge < -0.3 is 15.7 Å². The quantitative estimate of drug-likeness (QED) is 0.630. The number of carbonyl (C=O) groups is 1. The monoisotopic (exact) mass is 439 g/mol. The van der Waals surface area contributed by atoms with Crippen LogP contribution in [0.25, 0.3) is 0 Å². The van der Waals surface area contributed by atoms with Crippen molar-refractivity contribution in [3.05, 3.63) is 41.2 Å². The fourth-order valence-electron chi connectivity index (χ4n) is 4.26. The summed E-state index contributed by atoms with van der Waals surface area (Å²) < 4.78 is 38.9. The molecule has 0 bridgehead atoms. The summed E-state index contributed by atoms with van der Waals surface area (Å²) in [4.78, 5) is 14.7. The summed E-state index contributed by atoms with van der Waals surface area (Å²) in [6, 6.07) is 6.75. The lowest BCUT2D eigenvalue weighted by Crippen LogP contribution is -2.39. The van der Waals surface area contributed by atoms with Crippen LogP contribution in [-0.4, -0.2) is 57.9 Å². The van der Waals surface area contributed by atoms with Crippen molar-refractivity contribution in [3.63, 3.8) is 0 Å². The third kappa shape index (κ3) is 5.49. The minimum atomic E-state index is -4.40. The number of aromatic carboxylic acids is 1. The lowest BCUT2D eigenvalue weighted by molar-refractivity contribution is -0.136. The van der Waals surface area contributed by atoms with Crippen LogP contribution >= 0.6 is 0 Å². The van der Waals surface area contributed by atoms with Crippen molar-refractivity contribution < 1.29 is 23.1 Å². The maximum atomic E-state index is 13.0. The van der Waals surface area contributed by atoms with Gasteiger partial charge in [-0.25, -0.2) is 4.79 Å². The van der Waals surface area contributed by atoms with Gasteiger partial charge in [-0.15, -0.1) is 0 Å². The lowest BCUT2D eigenvalue weighted by Gasteiger charge is -2.28. The molecule has 10 heteroatoms. The van der Waals surface area contributed by atoms with Crippen LogP contribution in [0.3, 0.4) is 0 Å². The zero-order valence-electron chi connectivity index (χ0n) is 17.6. The zero-order valence-corrected chi connectivity index (χ0v) is 17.6. The Morgan fingerprint density at radius 3 is 2.52 bits per heavy atom. The maximum absolute atomic E-state index is 13.0. The molecule has 2 unspecified atom stereocenters. The van der Waals surface area contributed by atoms with E-state index in [2.05, 4.69) is 22.0 Å². The Morgan fingerprint density at radius 2 is 2.00 bits per heavy atom. The van der Waals surface area contributed by atoms with Crippen molar-refractivity contribution >= 4 is 17.3 Å². The molecular formula is C21H28F3N5O2. The van der Waals surface area contributed by atoms with Gasteiger partial charge in [-0.2, -0.15) is 18.3 Å². The van der Waals surface area contributed by atoms with Crippen molar-refractivity contribution in [2.24, 2.45) is 0 Å². The molecule has 0 amide bonds. The number of carboxylic acid groups (broad SMARTS) is 1. The molecule has 1 aromatic carbocycles. The molecule has 2 atom stereocenters. The molecule has 0 radical (unpaired) electrons. The number of aryl methyl sites for hydroxylation is 1. The van der Waals surface area contributed by atoms with Gasteiger partial charge in [0.25, 0.3) is 0 Å². The summed E-state index contributed by atoms with van der Waals surface area (Å²) in [7, 11) is 0. The molecule has 7 nitrogen and oxygen atoms in total. The first-order chi connectivity index (χ1) is 14.6. The number of rotatable bonds is 3. The normalized spacial score (nSPS) is 21.8. The maximum Gasteiger partial charge on any atom is 0.418 e. The van der Waals surface area contributed by atoms with Crippen LogP contribution in [0.1, 0.15) is 47.9 Å². The summed E-state index contributed by atoms with van der Waals surface area (Å²) in [5.41, 5.74) is 5.97. The minimum Gasteiger partial charge on any atom is -0.476 e. The summed E-state index contributed by atoms with van der Waals surface area (Å²) in [6.07, 6.45) is -0.951. The van der Waals surface area contributed by atoms with Crippen LogP contribution in [0.5, 0.6) is 0 Å². The van der Waals surface area contributed by atoms with E-state index in [1.165, 1.54) is 31.0 Å². The van der Waals surface area contributed by atoms with Gasteiger partial charge in [0, 0.05) is 42.2 Å². The zero-order chi connectivity index (χ0) is 22.8. The summed E-state index contributed by atoms with van der Waals surface area (Å²) in [5, 5.41) is 14.3. The molecule has 0 spiro atoms. The van der Waals surface area contributed by atoms with Gasteiger partial charge >= 0.3 is 12.1 Å². The molecule has 1 aromatic heterocycles. The second-order valence-corrected chi connectivity index (χ2v) is 8.13. The number of aromatic nitrogens is 2. The highest BCUT2D eigenvalue weighted by atomic mass is 19.4. The van der Waals surface area contributed by atoms with E-state index in [1.54, 1.807) is 13.0 Å². The van der Waals surface area contributed by atoms with Crippen molar-refractivity contribution in [2.75, 3.05) is 30.3 Å². The van der Waals surface area contributed by atoms with Gasteiger partial charge in [0.15, 0.2) is 5.69 Å². The molecular weight excluding hydrogens is 411 g/mol. The Bertz CT molecular complexity index is 915. The van der Waals surface area contributed by atoms with E-state index >= 15 is 0 Å². The topological polar surface area (TPSA) is 98.5 Å². The Morgan fingerprint density at radius 1 is 1.26 bits per heavy atom. The number of hydrogen-bond acceptors (Lipinski definition) is 5. The minimum absolute atomic E-state index is 0.0625. The third-order valence-electron chi connectivity index (χ3n) is 5.87. The molecule has 31 heavy (non-hydrogen) atoms. The number of nitrogens with two attached hydrogens (primary N) is 1. The predicted octanol–water partition coefficient (Wildman–Crippen LogP) is 3.77. The molecule has 4 rings (SSSR count). The SMILES string of the molecule is CC1CCCN1C1CCN(c2ccc(N)c(C(F)(F)F)c2)C1.Cc1cc(C(=O)O)n[nH]1. The van der Waals surface area contributed by atoms with Crippen LogP contribution in [0, 0.1) is 6.92 Å². The van der Waals surface area contributed by atoms with Gasteiger partial charge in [0.1, 0.15) is 0 Å². The number of carboxylic acids is 1. The second-order valence-electron chi connectivity index (χ2n) is 8.13. The number of nitrogen functional groups attached to an aromatic ring is 1. The summed E-state index contributed by atoms with van der Waals surface area (Å²) in [6.45, 7) is 6.69. The van der Waals surface area contributed by atoms with Crippen molar-refractivity contribution in [1.82, 2.24) is 15.1 Å². The van der Waals surface area contributed by atoms with Crippen molar-refractivity contribution in [2.45, 2.75) is 51.4 Å². The highest BCUT2D eigenvalue weighted by Gasteiger charge is 2.36. The van der Waals surface area contributed by atoms with E-state index in [0.717, 1.165) is 31.7 Å². The van der Waals surface area contributed by atoms with Crippen LogP contribution in [0.2, 0.25) is 0 Å². The van der Waals surface area contributed by atoms with Gasteiger partial charge in [0.05, 0.1) is 5.56 Å². The molecule has 4 N–H and O–H groups in total. The van der Waals surface area contributed by atoms with Crippen LogP contribution in [0.4, 0.5) is 24.5 Å². The number of hydrogen-bond donors (Lipinski definition) is 3. The fraction of sp³-hybridized carbons (Fsp3) is 0.524. The Labute approximate surface area is 179 Å². The van der Waals surface area contributed by atoms with E-state index in [1.807, 2.05) is 4.90 Å². The highest BCUT2D eigenvalue weighted by molar-refractivity contribution is 5.85. The first kappa shape index (κ1) is 22.9. The number of H-pyrrole nitrogens is 1. The number of alkyl halides is 3. The third-order valence-corrected chi connectivity index (χ3v) is 5.87. The number of likely N-dealkylation sites (tertiary alicyclic amines) is 1. The number of nitrogens with zero attached hydrogens (tertiary/aromatic N) is 3. The molecule has 170 valence electrons. The average Bonchev–Trinajstić information content (AvgIpc) is 3.42. The van der Waals surface area contributed by atoms with E-state index in [-0.39, 0.29) is 11.4 Å². The molecule has 0 saturated carbocycles. The Kier molecular flexibility index (Phi) is 6.78. The number of halogens is 3. The highest BCUT2D eigenvalue weighted by Crippen LogP contribution is 2.37. The smallest absolute Gasteiger partial charge is 0.418 e. The van der Waals surface area contributed by atoms with E-state index < -0.39 is 17.7 Å². The lowest BCUT2D eigenvalue weighted by atomic mass is 10.1. The standard InChI is InChI=1S/C16H22F3N3.C5H6N2O2/c1-11-3-2-7-22(11)13-6-8-21(10-13)12-4-5-15(20)14(9-12)16(17,18)19;1-3-2-4(5(8)9)7-6-3/h4-5,9,11,13H,2-3,6-8,10,20H2,1H3;2H,1H3,(H,6,7)(H,8,9). The average molecular weight is 439 g/mol. The Balaban J connectivity index is 0.000000254. The van der Waals surface area contributed by atoms with Gasteiger partial charge in [0.2, 0.25) is 0 Å². The molecule has 3 heterocycles. The molecule has 2 saturated heterocycles. The van der Waals surface area contributed by atoms with E-state index in [0.29, 0.717) is 17.8 Å². The van der Waals surface area contributed by atoms with E-state index in [9.17, 15) is 18.0 Å². The summed E-state index contributed by atoms with van der Waals surface area (Å²) in [5.74, 6) is -1.00. The number of benzene rings is 1. The predicted molar refractivity (Wildman–Crippen MR) is 112 cm³/mol. The number of aromatic amines is 1.